The molecule has 0 aliphatic rings. The van der Waals surface area contributed by atoms with Gasteiger partial charge in [-0.05, 0) is 36.5 Å². The van der Waals surface area contributed by atoms with Gasteiger partial charge in [0, 0.05) is 18.1 Å². The van der Waals surface area contributed by atoms with E-state index in [2.05, 4.69) is 15.5 Å². The maximum absolute atomic E-state index is 11.4. The highest BCUT2D eigenvalue weighted by Crippen LogP contribution is 2.40. The van der Waals surface area contributed by atoms with Crippen LogP contribution in [0.1, 0.15) is 0 Å². The molecule has 1 aromatic heterocycles. The van der Waals surface area contributed by atoms with Crippen molar-refractivity contribution in [3.05, 3.63) is 47.5 Å². The van der Waals surface area contributed by atoms with Gasteiger partial charge < -0.3 is 15.0 Å². The summed E-state index contributed by atoms with van der Waals surface area (Å²) >= 11 is 11.3. The van der Waals surface area contributed by atoms with Crippen molar-refractivity contribution in [2.24, 2.45) is 22.4 Å². The van der Waals surface area contributed by atoms with Gasteiger partial charge in [0.05, 0.1) is 15.4 Å². The van der Waals surface area contributed by atoms with Crippen LogP contribution in [0, 0.1) is 0 Å². The van der Waals surface area contributed by atoms with Gasteiger partial charge in [-0.3, -0.25) is 0 Å². The number of aryl methyl sites for hydroxylation is 1. The number of halogens is 1. The summed E-state index contributed by atoms with van der Waals surface area (Å²) in [5, 5.41) is 27.1. The fraction of sp³-hybridized carbons (Fsp3) is 0.0625. The van der Waals surface area contributed by atoms with Crippen LogP contribution in [0.4, 0.5) is 11.4 Å². The van der Waals surface area contributed by atoms with E-state index in [4.69, 9.17) is 29.0 Å². The summed E-state index contributed by atoms with van der Waals surface area (Å²) in [6.45, 7) is 0. The first-order chi connectivity index (χ1) is 12.7. The largest absolute Gasteiger partial charge is 0.493 e. The number of anilines is 1. The minimum absolute atomic E-state index is 0.0278. The normalized spacial score (nSPS) is 12.0. The van der Waals surface area contributed by atoms with Crippen LogP contribution in [-0.4, -0.2) is 23.2 Å². The fourth-order valence-corrected chi connectivity index (χ4v) is 3.55. The monoisotopic (exact) mass is 423 g/mol. The number of aromatic hydroxyl groups is 1. The summed E-state index contributed by atoms with van der Waals surface area (Å²) in [7, 11) is -2.18. The molecule has 8 nitrogen and oxygen atoms in total. The number of primary sulfonamides is 1. The zero-order valence-electron chi connectivity index (χ0n) is 13.9. The van der Waals surface area contributed by atoms with Crippen LogP contribution < -0.4 is 10.5 Å². The number of hydrogen-bond acceptors (Lipinski definition) is 5. The summed E-state index contributed by atoms with van der Waals surface area (Å²) in [6, 6.07) is 11.0. The molecule has 3 aromatic rings. The number of fused-ring (bicyclic) bond motifs is 1. The van der Waals surface area contributed by atoms with Crippen molar-refractivity contribution in [2.75, 3.05) is 5.32 Å². The lowest BCUT2D eigenvalue weighted by molar-refractivity contribution is 0.436. The quantitative estimate of drug-likeness (QED) is 0.438. The molecule has 11 heteroatoms. The van der Waals surface area contributed by atoms with E-state index in [0.29, 0.717) is 21.6 Å². The fourth-order valence-electron chi connectivity index (χ4n) is 2.53. The molecule has 0 radical (unpaired) electrons. The number of thiocarbonyl (C=S) groups is 1. The van der Waals surface area contributed by atoms with Crippen LogP contribution in [0.15, 0.2) is 57.6 Å². The maximum Gasteiger partial charge on any atom is 0.238 e. The molecule has 2 aromatic carbocycles. The summed E-state index contributed by atoms with van der Waals surface area (Å²) in [4.78, 5) is -0.0615. The number of sulfonamides is 1. The third kappa shape index (κ3) is 3.93. The maximum atomic E-state index is 11.4. The van der Waals surface area contributed by atoms with Crippen molar-refractivity contribution in [3.63, 3.8) is 0 Å². The minimum Gasteiger partial charge on any atom is -0.493 e. The van der Waals surface area contributed by atoms with Gasteiger partial charge >= 0.3 is 0 Å². The van der Waals surface area contributed by atoms with Crippen LogP contribution in [-0.2, 0) is 17.1 Å². The van der Waals surface area contributed by atoms with E-state index in [1.54, 1.807) is 31.3 Å². The molecule has 27 heavy (non-hydrogen) atoms. The van der Waals surface area contributed by atoms with Gasteiger partial charge in [0.1, 0.15) is 0 Å². The molecule has 0 saturated carbocycles. The van der Waals surface area contributed by atoms with Crippen molar-refractivity contribution in [1.29, 1.82) is 0 Å². The Morgan fingerprint density at radius 2 is 2.00 bits per heavy atom. The van der Waals surface area contributed by atoms with Crippen molar-refractivity contribution >= 4 is 61.2 Å². The standard InChI is InChI=1S/C16H14ClN5O3S2/c1-22-14-11(6-3-7-12(14)17)13(15(22)23)20-21-16(26)19-9-4-2-5-10(8-9)27(18,24)25/h2-8,23H,1H3,(H,19,26)(H2,18,24,25). The average molecular weight is 424 g/mol. The molecule has 4 N–H and O–H groups in total. The SMILES string of the molecule is Cn1c(O)c(N=NC(=S)Nc2cccc(S(N)(=O)=O)c2)c2cccc(Cl)c21. The third-order valence-corrected chi connectivity index (χ3v) is 5.16. The second-order valence-electron chi connectivity index (χ2n) is 5.57. The van der Waals surface area contributed by atoms with Gasteiger partial charge in [-0.15, -0.1) is 10.2 Å². The van der Waals surface area contributed by atoms with Crippen molar-refractivity contribution in [2.45, 2.75) is 4.90 Å². The van der Waals surface area contributed by atoms with Crippen molar-refractivity contribution in [3.8, 4) is 5.88 Å². The molecule has 1 heterocycles. The van der Waals surface area contributed by atoms with Gasteiger partial charge in [-0.1, -0.05) is 29.8 Å². The first-order valence-corrected chi connectivity index (χ1v) is 9.83. The number of benzene rings is 2. The zero-order valence-corrected chi connectivity index (χ0v) is 16.3. The van der Waals surface area contributed by atoms with Crippen LogP contribution in [0.25, 0.3) is 10.9 Å². The minimum atomic E-state index is -3.83. The first kappa shape index (κ1) is 19.2. The molecule has 0 fully saturated rings. The number of azo groups is 1. The molecule has 140 valence electrons. The highest BCUT2D eigenvalue weighted by atomic mass is 35.5. The van der Waals surface area contributed by atoms with E-state index in [1.807, 2.05) is 0 Å². The summed E-state index contributed by atoms with van der Waals surface area (Å²) in [5.41, 5.74) is 1.22. The van der Waals surface area contributed by atoms with Crippen LogP contribution in [0.5, 0.6) is 5.88 Å². The molecule has 0 bridgehead atoms. The summed E-state index contributed by atoms with van der Waals surface area (Å²) < 4.78 is 24.3. The predicted molar refractivity (Wildman–Crippen MR) is 108 cm³/mol. The number of nitrogens with zero attached hydrogens (tertiary/aromatic N) is 3. The number of rotatable bonds is 3. The van der Waals surface area contributed by atoms with Gasteiger partial charge in [0.25, 0.3) is 0 Å². The lowest BCUT2D eigenvalue weighted by Gasteiger charge is -2.05. The molecule has 0 aliphatic carbocycles. The Morgan fingerprint density at radius 3 is 2.70 bits per heavy atom. The molecule has 0 spiro atoms. The Kier molecular flexibility index (Phi) is 5.16. The Hall–Kier alpha value is -2.53. The topological polar surface area (TPSA) is 122 Å². The van der Waals surface area contributed by atoms with Crippen LogP contribution in [0.3, 0.4) is 0 Å². The lowest BCUT2D eigenvalue weighted by Crippen LogP contribution is -2.13. The number of nitrogens with two attached hydrogens (primary N) is 1. The highest BCUT2D eigenvalue weighted by molar-refractivity contribution is 7.89. The number of para-hydroxylation sites is 1. The van der Waals surface area contributed by atoms with Crippen molar-refractivity contribution < 1.29 is 13.5 Å². The predicted octanol–water partition coefficient (Wildman–Crippen LogP) is 3.67. The molecule has 0 atom stereocenters. The number of hydrogen-bond donors (Lipinski definition) is 3. The average Bonchev–Trinajstić information content (AvgIpc) is 2.84. The Labute approximate surface area is 165 Å². The second-order valence-corrected chi connectivity index (χ2v) is 7.93. The second kappa shape index (κ2) is 7.24. The smallest absolute Gasteiger partial charge is 0.238 e. The van der Waals surface area contributed by atoms with Crippen LogP contribution >= 0.6 is 23.8 Å². The molecule has 0 amide bonds. The van der Waals surface area contributed by atoms with E-state index >= 15 is 0 Å². The molecule has 0 saturated heterocycles. The highest BCUT2D eigenvalue weighted by Gasteiger charge is 2.16. The summed E-state index contributed by atoms with van der Waals surface area (Å²) in [5.74, 6) is -0.110. The Balaban J connectivity index is 1.88. The molecular weight excluding hydrogens is 410 g/mol. The zero-order chi connectivity index (χ0) is 19.8. The first-order valence-electron chi connectivity index (χ1n) is 7.50. The van der Waals surface area contributed by atoms with E-state index in [0.717, 1.165) is 0 Å². The third-order valence-electron chi connectivity index (χ3n) is 3.76. The molecule has 3 rings (SSSR count). The number of aromatic nitrogens is 1. The summed E-state index contributed by atoms with van der Waals surface area (Å²) in [6.07, 6.45) is 0. The van der Waals surface area contributed by atoms with Crippen molar-refractivity contribution in [1.82, 2.24) is 4.57 Å². The van der Waals surface area contributed by atoms with E-state index in [-0.39, 0.29) is 21.6 Å². The Morgan fingerprint density at radius 1 is 1.30 bits per heavy atom. The van der Waals surface area contributed by atoms with Gasteiger partial charge in [0.15, 0.2) is 5.69 Å². The van der Waals surface area contributed by atoms with Gasteiger partial charge in [-0.2, -0.15) is 0 Å². The van der Waals surface area contributed by atoms with E-state index < -0.39 is 10.0 Å². The van der Waals surface area contributed by atoms with Crippen LogP contribution in [0.2, 0.25) is 5.02 Å². The van der Waals surface area contributed by atoms with Gasteiger partial charge in [-0.25, -0.2) is 13.6 Å². The molecule has 0 aliphatic heterocycles. The Bertz CT molecular complexity index is 1190. The molecular formula is C16H14ClN5O3S2. The van der Waals surface area contributed by atoms with Gasteiger partial charge in [0.2, 0.25) is 21.0 Å². The lowest BCUT2D eigenvalue weighted by atomic mass is 10.2. The van der Waals surface area contributed by atoms with E-state index in [1.165, 1.54) is 22.8 Å². The van der Waals surface area contributed by atoms with E-state index in [9.17, 15) is 13.5 Å². The number of nitrogens with one attached hydrogen (secondary N) is 1. The molecule has 0 unspecified atom stereocenters.